The Hall–Kier alpha value is 0.440. The minimum Gasteiger partial charge on any atom is -0.177 e. The lowest BCUT2D eigenvalue weighted by Crippen LogP contribution is -2.00. The van der Waals surface area contributed by atoms with Gasteiger partial charge in [-0.05, 0) is 30.3 Å². The molecule has 0 saturated carbocycles. The number of hydrogen-bond donors (Lipinski definition) is 1. The Balaban J connectivity index is -0.000000212. The maximum atomic E-state index is 3.97. The standard InChI is InChI=1S/C8H18S.C5H10.C3H8S/c1-5-6-8(4)9-7(2)3;1-3-5-4-2;1-3(2)4/h7-8H,5-6H2,1-4H3;3,5H,4H2,1-2H3;3-4H,1-2H3/b;5-3+;. The molecule has 0 aromatic carbocycles. The van der Waals surface area contributed by atoms with Crippen LogP contribution in [-0.2, 0) is 0 Å². The molecule has 2 heteroatoms. The summed E-state index contributed by atoms with van der Waals surface area (Å²) in [5.41, 5.74) is 0. The number of thiol groups is 1. The second kappa shape index (κ2) is 19.8. The highest BCUT2D eigenvalue weighted by atomic mass is 32.2. The van der Waals surface area contributed by atoms with E-state index in [1.54, 1.807) is 0 Å². The molecule has 112 valence electrons. The molecule has 1 atom stereocenters. The average molecular weight is 293 g/mol. The van der Waals surface area contributed by atoms with Crippen LogP contribution in [0.4, 0.5) is 0 Å². The normalized spacial score (nSPS) is 11.9. The van der Waals surface area contributed by atoms with E-state index in [1.807, 2.05) is 20.8 Å². The van der Waals surface area contributed by atoms with E-state index in [0.717, 1.165) is 16.9 Å². The molecular formula is C16H36S2. The summed E-state index contributed by atoms with van der Waals surface area (Å²) in [6.45, 7) is 17.3. The molecule has 0 radical (unpaired) electrons. The van der Waals surface area contributed by atoms with Gasteiger partial charge in [0.15, 0.2) is 0 Å². The molecule has 18 heavy (non-hydrogen) atoms. The highest BCUT2D eigenvalue weighted by Gasteiger charge is 2.02. The van der Waals surface area contributed by atoms with Crippen molar-refractivity contribution in [3.63, 3.8) is 0 Å². The minimum absolute atomic E-state index is 0.528. The maximum Gasteiger partial charge on any atom is 0.00211 e. The van der Waals surface area contributed by atoms with Crippen LogP contribution in [0.5, 0.6) is 0 Å². The van der Waals surface area contributed by atoms with Crippen LogP contribution in [0.1, 0.15) is 74.7 Å². The van der Waals surface area contributed by atoms with Crippen LogP contribution in [0.2, 0.25) is 0 Å². The van der Waals surface area contributed by atoms with Gasteiger partial charge < -0.3 is 0 Å². The van der Waals surface area contributed by atoms with Gasteiger partial charge in [0.05, 0.1) is 0 Å². The van der Waals surface area contributed by atoms with Gasteiger partial charge in [0.2, 0.25) is 0 Å². The second-order valence-electron chi connectivity index (χ2n) is 4.86. The molecule has 0 aliphatic rings. The van der Waals surface area contributed by atoms with Crippen LogP contribution in [0, 0.1) is 0 Å². The highest BCUT2D eigenvalue weighted by Crippen LogP contribution is 2.19. The molecule has 0 spiro atoms. The van der Waals surface area contributed by atoms with E-state index in [2.05, 4.69) is 71.2 Å². The summed E-state index contributed by atoms with van der Waals surface area (Å²) in [5.74, 6) is 0. The summed E-state index contributed by atoms with van der Waals surface area (Å²) in [6, 6.07) is 0. The Labute approximate surface area is 127 Å². The van der Waals surface area contributed by atoms with Crippen molar-refractivity contribution < 1.29 is 0 Å². The lowest BCUT2D eigenvalue weighted by Gasteiger charge is -2.11. The third-order valence-electron chi connectivity index (χ3n) is 1.67. The zero-order valence-electron chi connectivity index (χ0n) is 13.9. The van der Waals surface area contributed by atoms with Crippen LogP contribution in [-0.4, -0.2) is 15.7 Å². The van der Waals surface area contributed by atoms with Gasteiger partial charge in [-0.25, -0.2) is 0 Å². The molecule has 0 rings (SSSR count). The molecule has 0 bridgehead atoms. The van der Waals surface area contributed by atoms with E-state index in [9.17, 15) is 0 Å². The third kappa shape index (κ3) is 44.0. The molecule has 0 aliphatic heterocycles. The van der Waals surface area contributed by atoms with E-state index < -0.39 is 0 Å². The Kier molecular flexibility index (Phi) is 25.8. The van der Waals surface area contributed by atoms with Gasteiger partial charge in [0.1, 0.15) is 0 Å². The van der Waals surface area contributed by atoms with Crippen molar-refractivity contribution in [2.75, 3.05) is 0 Å². The largest absolute Gasteiger partial charge is 0.177 e. The summed E-state index contributed by atoms with van der Waals surface area (Å²) in [5, 5.41) is 2.18. The van der Waals surface area contributed by atoms with Crippen LogP contribution in [0.3, 0.4) is 0 Å². The number of allylic oxidation sites excluding steroid dienone is 2. The SMILES string of the molecule is C/C=C/CC.CC(C)S.CCCC(C)SC(C)C. The van der Waals surface area contributed by atoms with Crippen molar-refractivity contribution in [2.24, 2.45) is 0 Å². The van der Waals surface area contributed by atoms with Gasteiger partial charge in [0, 0.05) is 5.25 Å². The Morgan fingerprint density at radius 1 is 1.06 bits per heavy atom. The quantitative estimate of drug-likeness (QED) is 0.439. The molecule has 1 unspecified atom stereocenters. The van der Waals surface area contributed by atoms with E-state index >= 15 is 0 Å². The van der Waals surface area contributed by atoms with Crippen LogP contribution in [0.15, 0.2) is 12.2 Å². The molecule has 0 amide bonds. The van der Waals surface area contributed by atoms with Crippen molar-refractivity contribution in [1.82, 2.24) is 0 Å². The first kappa shape index (κ1) is 23.5. The van der Waals surface area contributed by atoms with Crippen LogP contribution >= 0.6 is 24.4 Å². The van der Waals surface area contributed by atoms with E-state index in [1.165, 1.54) is 12.8 Å². The first-order valence-electron chi connectivity index (χ1n) is 7.26. The van der Waals surface area contributed by atoms with E-state index in [4.69, 9.17) is 0 Å². The van der Waals surface area contributed by atoms with Crippen molar-refractivity contribution in [1.29, 1.82) is 0 Å². The highest BCUT2D eigenvalue weighted by molar-refractivity contribution is 8.00. The summed E-state index contributed by atoms with van der Waals surface area (Å²) < 4.78 is 0. The van der Waals surface area contributed by atoms with Gasteiger partial charge in [-0.15, -0.1) is 0 Å². The van der Waals surface area contributed by atoms with Gasteiger partial charge >= 0.3 is 0 Å². The topological polar surface area (TPSA) is 0 Å². The number of rotatable bonds is 5. The number of hydrogen-bond acceptors (Lipinski definition) is 2. The number of thioether (sulfide) groups is 1. The zero-order valence-corrected chi connectivity index (χ0v) is 15.6. The summed E-state index contributed by atoms with van der Waals surface area (Å²) in [4.78, 5) is 0. The molecule has 0 heterocycles. The molecule has 0 aromatic heterocycles. The monoisotopic (exact) mass is 292 g/mol. The Morgan fingerprint density at radius 2 is 1.50 bits per heavy atom. The van der Waals surface area contributed by atoms with Gasteiger partial charge in [-0.3, -0.25) is 0 Å². The van der Waals surface area contributed by atoms with Gasteiger partial charge in [0.25, 0.3) is 0 Å². The predicted octanol–water partition coefficient (Wildman–Crippen LogP) is 6.61. The maximum absolute atomic E-state index is 3.97. The fourth-order valence-corrected chi connectivity index (χ4v) is 2.48. The first-order chi connectivity index (χ1) is 8.31. The molecular weight excluding hydrogens is 256 g/mol. The molecule has 0 N–H and O–H groups in total. The molecule has 0 fully saturated rings. The fraction of sp³-hybridized carbons (Fsp3) is 0.875. The molecule has 0 saturated heterocycles. The Morgan fingerprint density at radius 3 is 1.67 bits per heavy atom. The zero-order chi connectivity index (χ0) is 15.0. The van der Waals surface area contributed by atoms with Crippen LogP contribution < -0.4 is 0 Å². The molecule has 0 aromatic rings. The molecule has 0 nitrogen and oxygen atoms in total. The Bertz CT molecular complexity index is 148. The lowest BCUT2D eigenvalue weighted by molar-refractivity contribution is 0.783. The van der Waals surface area contributed by atoms with Crippen molar-refractivity contribution in [2.45, 2.75) is 90.4 Å². The fourth-order valence-electron chi connectivity index (χ4n) is 1.17. The van der Waals surface area contributed by atoms with Crippen LogP contribution in [0.25, 0.3) is 0 Å². The summed E-state index contributed by atoms with van der Waals surface area (Å²) in [7, 11) is 0. The lowest BCUT2D eigenvalue weighted by atomic mass is 10.3. The van der Waals surface area contributed by atoms with E-state index in [-0.39, 0.29) is 0 Å². The summed E-state index contributed by atoms with van der Waals surface area (Å²) >= 11 is 6.05. The average Bonchev–Trinajstić information content (AvgIpc) is 2.17. The molecule has 0 aliphatic carbocycles. The predicted molar refractivity (Wildman–Crippen MR) is 96.3 cm³/mol. The third-order valence-corrected chi connectivity index (χ3v) is 2.92. The first-order valence-corrected chi connectivity index (χ1v) is 8.72. The van der Waals surface area contributed by atoms with Crippen molar-refractivity contribution in [3.8, 4) is 0 Å². The van der Waals surface area contributed by atoms with Crippen molar-refractivity contribution in [3.05, 3.63) is 12.2 Å². The van der Waals surface area contributed by atoms with Gasteiger partial charge in [-0.1, -0.05) is 67.0 Å². The summed E-state index contributed by atoms with van der Waals surface area (Å²) in [6.07, 6.45) is 8.03. The van der Waals surface area contributed by atoms with E-state index in [0.29, 0.717) is 5.25 Å². The van der Waals surface area contributed by atoms with Crippen molar-refractivity contribution >= 4 is 24.4 Å². The smallest absolute Gasteiger partial charge is 0.00211 e. The van der Waals surface area contributed by atoms with Gasteiger partial charge in [-0.2, -0.15) is 24.4 Å². The minimum atomic E-state index is 0.528. The second-order valence-corrected chi connectivity index (χ2v) is 7.91.